The molecule has 1 N–H and O–H groups in total. The Morgan fingerprint density at radius 3 is 2.94 bits per heavy atom. The van der Waals surface area contributed by atoms with Crippen LogP contribution < -0.4 is 4.74 Å². The number of halogens is 1. The van der Waals surface area contributed by atoms with Crippen LogP contribution in [0.15, 0.2) is 22.1 Å². The predicted octanol–water partition coefficient (Wildman–Crippen LogP) is 2.82. The minimum atomic E-state index is -0.721. The number of aromatic nitrogens is 2. The fourth-order valence-corrected chi connectivity index (χ4v) is 3.26. The molecule has 92 valence electrons. The van der Waals surface area contributed by atoms with Crippen LogP contribution in [0.3, 0.4) is 0 Å². The van der Waals surface area contributed by atoms with Crippen molar-refractivity contribution in [3.63, 3.8) is 0 Å². The van der Waals surface area contributed by atoms with Crippen molar-refractivity contribution in [2.24, 2.45) is 0 Å². The van der Waals surface area contributed by atoms with Gasteiger partial charge in [0.2, 0.25) is 0 Å². The van der Waals surface area contributed by atoms with Crippen LogP contribution in [-0.2, 0) is 6.54 Å². The smallest absolute Gasteiger partial charge is 0.163 e. The van der Waals surface area contributed by atoms with Gasteiger partial charge in [-0.1, -0.05) is 0 Å². The van der Waals surface area contributed by atoms with Crippen LogP contribution >= 0.6 is 27.3 Å². The van der Waals surface area contributed by atoms with Crippen LogP contribution in [0.1, 0.15) is 23.6 Å². The highest BCUT2D eigenvalue weighted by Crippen LogP contribution is 2.36. The maximum Gasteiger partial charge on any atom is 0.163 e. The van der Waals surface area contributed by atoms with E-state index in [1.54, 1.807) is 18.0 Å². The number of thiophene rings is 1. The average molecular weight is 317 g/mol. The lowest BCUT2D eigenvalue weighted by molar-refractivity contribution is 0.205. The third kappa shape index (κ3) is 2.25. The molecule has 1 unspecified atom stereocenters. The Hall–Kier alpha value is -0.850. The number of hydrogen-bond acceptors (Lipinski definition) is 4. The van der Waals surface area contributed by atoms with Crippen LogP contribution in [0.2, 0.25) is 0 Å². The Labute approximate surface area is 112 Å². The molecule has 0 aromatic carbocycles. The molecule has 0 radical (unpaired) electrons. The van der Waals surface area contributed by atoms with E-state index in [0.717, 1.165) is 9.35 Å². The number of ether oxygens (including phenoxy) is 1. The summed E-state index contributed by atoms with van der Waals surface area (Å²) in [5.41, 5.74) is 0.693. The van der Waals surface area contributed by atoms with Crippen molar-refractivity contribution in [3.05, 3.63) is 32.7 Å². The molecule has 2 aromatic rings. The van der Waals surface area contributed by atoms with E-state index in [2.05, 4.69) is 21.0 Å². The van der Waals surface area contributed by atoms with Crippen molar-refractivity contribution in [2.45, 2.75) is 19.6 Å². The van der Waals surface area contributed by atoms with E-state index in [-0.39, 0.29) is 0 Å². The second kappa shape index (κ2) is 5.20. The van der Waals surface area contributed by atoms with Crippen LogP contribution in [0.5, 0.6) is 5.75 Å². The Kier molecular flexibility index (Phi) is 3.86. The molecule has 2 aromatic heterocycles. The number of aryl methyl sites for hydroxylation is 1. The van der Waals surface area contributed by atoms with Crippen molar-refractivity contribution in [3.8, 4) is 5.75 Å². The number of nitrogens with zero attached hydrogens (tertiary/aromatic N) is 2. The van der Waals surface area contributed by atoms with E-state index in [4.69, 9.17) is 4.74 Å². The first kappa shape index (κ1) is 12.6. The third-order valence-corrected chi connectivity index (χ3v) is 4.44. The van der Waals surface area contributed by atoms with Crippen molar-refractivity contribution >= 4 is 27.3 Å². The van der Waals surface area contributed by atoms with Gasteiger partial charge in [0.1, 0.15) is 11.8 Å². The van der Waals surface area contributed by atoms with E-state index < -0.39 is 6.10 Å². The van der Waals surface area contributed by atoms with Crippen LogP contribution in [-0.4, -0.2) is 22.0 Å². The predicted molar refractivity (Wildman–Crippen MR) is 70.5 cm³/mol. The molecular weight excluding hydrogens is 304 g/mol. The fraction of sp³-hybridized carbons (Fsp3) is 0.364. The molecule has 0 bridgehead atoms. The number of aliphatic hydroxyl groups excluding tert-OH is 1. The Balaban J connectivity index is 2.45. The first-order chi connectivity index (χ1) is 8.19. The summed E-state index contributed by atoms with van der Waals surface area (Å²) in [4.78, 5) is 0.860. The molecule has 17 heavy (non-hydrogen) atoms. The van der Waals surface area contributed by atoms with Gasteiger partial charge in [-0.25, -0.2) is 0 Å². The van der Waals surface area contributed by atoms with Gasteiger partial charge < -0.3 is 9.84 Å². The Morgan fingerprint density at radius 2 is 2.41 bits per heavy atom. The highest BCUT2D eigenvalue weighted by molar-refractivity contribution is 9.10. The van der Waals surface area contributed by atoms with Crippen molar-refractivity contribution < 1.29 is 9.84 Å². The fourth-order valence-electron chi connectivity index (χ4n) is 1.69. The van der Waals surface area contributed by atoms with E-state index in [1.165, 1.54) is 11.3 Å². The summed E-state index contributed by atoms with van der Waals surface area (Å²) in [5, 5.41) is 16.5. The second-order valence-electron chi connectivity index (χ2n) is 3.45. The Morgan fingerprint density at radius 1 is 1.65 bits per heavy atom. The van der Waals surface area contributed by atoms with Gasteiger partial charge in [0.05, 0.1) is 18.2 Å². The summed E-state index contributed by atoms with van der Waals surface area (Å²) in [6.07, 6.45) is 0.908. The summed E-state index contributed by atoms with van der Waals surface area (Å²) < 4.78 is 7.88. The number of aliphatic hydroxyl groups is 1. The Bertz CT molecular complexity index is 488. The SMILES string of the molecule is CCn1ncc(OC)c1C(O)c1sccc1Br. The maximum absolute atomic E-state index is 10.4. The zero-order valence-corrected chi connectivity index (χ0v) is 12.0. The monoisotopic (exact) mass is 316 g/mol. The van der Waals surface area contributed by atoms with Crippen molar-refractivity contribution in [2.75, 3.05) is 7.11 Å². The van der Waals surface area contributed by atoms with Gasteiger partial charge >= 0.3 is 0 Å². The zero-order chi connectivity index (χ0) is 12.4. The van der Waals surface area contributed by atoms with E-state index in [1.807, 2.05) is 18.4 Å². The lowest BCUT2D eigenvalue weighted by atomic mass is 10.2. The van der Waals surface area contributed by atoms with Crippen LogP contribution in [0, 0.1) is 0 Å². The summed E-state index contributed by atoms with van der Waals surface area (Å²) >= 11 is 4.93. The molecular formula is C11H13BrN2O2S. The van der Waals surface area contributed by atoms with Crippen LogP contribution in [0.4, 0.5) is 0 Å². The molecule has 0 spiro atoms. The summed E-state index contributed by atoms with van der Waals surface area (Å²) in [5.74, 6) is 0.611. The molecule has 0 amide bonds. The molecule has 0 aliphatic carbocycles. The van der Waals surface area contributed by atoms with E-state index >= 15 is 0 Å². The lowest BCUT2D eigenvalue weighted by Gasteiger charge is -2.13. The molecule has 2 rings (SSSR count). The minimum Gasteiger partial charge on any atom is -0.493 e. The normalized spacial score (nSPS) is 12.7. The van der Waals surface area contributed by atoms with Crippen LogP contribution in [0.25, 0.3) is 0 Å². The topological polar surface area (TPSA) is 47.3 Å². The summed E-state index contributed by atoms with van der Waals surface area (Å²) in [7, 11) is 1.58. The van der Waals surface area contributed by atoms with Gasteiger partial charge in [-0.2, -0.15) is 5.10 Å². The highest BCUT2D eigenvalue weighted by atomic mass is 79.9. The largest absolute Gasteiger partial charge is 0.493 e. The molecule has 1 atom stereocenters. The molecule has 0 saturated heterocycles. The van der Waals surface area contributed by atoms with E-state index in [0.29, 0.717) is 18.0 Å². The van der Waals surface area contributed by atoms with Gasteiger partial charge in [-0.3, -0.25) is 4.68 Å². The number of methoxy groups -OCH3 is 1. The lowest BCUT2D eigenvalue weighted by Crippen LogP contribution is -2.09. The molecule has 2 heterocycles. The third-order valence-electron chi connectivity index (χ3n) is 2.52. The van der Waals surface area contributed by atoms with Gasteiger partial charge in [0.25, 0.3) is 0 Å². The van der Waals surface area contributed by atoms with Gasteiger partial charge in [0, 0.05) is 11.0 Å². The number of rotatable bonds is 4. The second-order valence-corrected chi connectivity index (χ2v) is 5.25. The van der Waals surface area contributed by atoms with E-state index in [9.17, 15) is 5.11 Å². The molecule has 0 fully saturated rings. The zero-order valence-electron chi connectivity index (χ0n) is 9.55. The van der Waals surface area contributed by atoms with Crippen molar-refractivity contribution in [1.82, 2.24) is 9.78 Å². The average Bonchev–Trinajstić information content (AvgIpc) is 2.93. The minimum absolute atomic E-state index is 0.611. The maximum atomic E-state index is 10.4. The molecule has 4 nitrogen and oxygen atoms in total. The molecule has 0 aliphatic heterocycles. The standard InChI is InChI=1S/C11H13BrN2O2S/c1-3-14-9(8(16-2)6-13-14)10(15)11-7(12)4-5-17-11/h4-6,10,15H,3H2,1-2H3. The number of hydrogen-bond donors (Lipinski definition) is 1. The highest BCUT2D eigenvalue weighted by Gasteiger charge is 2.23. The first-order valence-corrected chi connectivity index (χ1v) is 6.87. The molecule has 6 heteroatoms. The molecule has 0 aliphatic rings. The summed E-state index contributed by atoms with van der Waals surface area (Å²) in [6, 6.07) is 1.92. The summed E-state index contributed by atoms with van der Waals surface area (Å²) in [6.45, 7) is 2.67. The molecule has 0 saturated carbocycles. The van der Waals surface area contributed by atoms with Gasteiger partial charge in [-0.15, -0.1) is 11.3 Å². The quantitative estimate of drug-likeness (QED) is 0.943. The van der Waals surface area contributed by atoms with Gasteiger partial charge in [0.15, 0.2) is 5.75 Å². The first-order valence-electron chi connectivity index (χ1n) is 5.19. The van der Waals surface area contributed by atoms with Gasteiger partial charge in [-0.05, 0) is 34.3 Å². The van der Waals surface area contributed by atoms with Crippen molar-refractivity contribution in [1.29, 1.82) is 0 Å².